The molecule has 0 saturated heterocycles. The molecule has 0 heterocycles. The number of hydrogen-bond acceptors (Lipinski definition) is 5. The van der Waals surface area contributed by atoms with E-state index in [0.29, 0.717) is 17.4 Å². The molecule has 0 fully saturated rings. The summed E-state index contributed by atoms with van der Waals surface area (Å²) in [6.45, 7) is 4.73. The van der Waals surface area contributed by atoms with Crippen LogP contribution in [0, 0.1) is 0 Å². The SMILES string of the molecule is CCCC/C=C/CC/C=C/CC/C=C/C(O)C(COP(=O)(O)OCC[N+](C)(C)C)NC(=O)CCCCCCCCCCCCC/C=C\CCCCCCCCCC. The predicted octanol–water partition coefficient (Wildman–Crippen LogP) is 13.2. The number of aliphatic hydroxyl groups excluding tert-OH is 1. The van der Waals surface area contributed by atoms with Crippen LogP contribution >= 0.6 is 7.82 Å². The highest BCUT2D eigenvalue weighted by Crippen LogP contribution is 2.43. The summed E-state index contributed by atoms with van der Waals surface area (Å²) >= 11 is 0. The van der Waals surface area contributed by atoms with Gasteiger partial charge in [0.25, 0.3) is 0 Å². The molecule has 9 heteroatoms. The van der Waals surface area contributed by atoms with Gasteiger partial charge in [-0.3, -0.25) is 13.8 Å². The van der Waals surface area contributed by atoms with Gasteiger partial charge in [-0.1, -0.05) is 178 Å². The zero-order valence-electron chi connectivity index (χ0n) is 37.8. The average Bonchev–Trinajstić information content (AvgIpc) is 3.16. The summed E-state index contributed by atoms with van der Waals surface area (Å²) in [6.07, 6.45) is 50.5. The van der Waals surface area contributed by atoms with Crippen molar-refractivity contribution in [2.75, 3.05) is 40.9 Å². The molecule has 8 nitrogen and oxygen atoms in total. The van der Waals surface area contributed by atoms with Crippen molar-refractivity contribution in [2.45, 2.75) is 212 Å². The van der Waals surface area contributed by atoms with Crippen LogP contribution in [0.5, 0.6) is 0 Å². The molecule has 0 radical (unpaired) electrons. The molecule has 0 aliphatic carbocycles. The zero-order valence-corrected chi connectivity index (χ0v) is 38.7. The van der Waals surface area contributed by atoms with Crippen LogP contribution in [0.2, 0.25) is 0 Å². The molecular formula is C48H92N2O6P+. The third-order valence-corrected chi connectivity index (χ3v) is 11.2. The molecule has 0 rings (SSSR count). The van der Waals surface area contributed by atoms with E-state index in [2.05, 4.69) is 55.6 Å². The number of phosphoric acid groups is 1. The molecule has 0 aromatic carbocycles. The van der Waals surface area contributed by atoms with E-state index in [1.807, 2.05) is 27.2 Å². The van der Waals surface area contributed by atoms with E-state index in [9.17, 15) is 19.4 Å². The number of nitrogens with zero attached hydrogens (tertiary/aromatic N) is 1. The topological polar surface area (TPSA) is 105 Å². The molecule has 0 aliphatic heterocycles. The van der Waals surface area contributed by atoms with Gasteiger partial charge in [0.1, 0.15) is 13.2 Å². The van der Waals surface area contributed by atoms with Gasteiger partial charge in [-0.25, -0.2) is 4.57 Å². The minimum atomic E-state index is -4.35. The summed E-state index contributed by atoms with van der Waals surface area (Å²) in [6, 6.07) is -0.868. The van der Waals surface area contributed by atoms with Gasteiger partial charge < -0.3 is 19.8 Å². The molecule has 0 aliphatic rings. The number of nitrogens with one attached hydrogen (secondary N) is 1. The van der Waals surface area contributed by atoms with Crippen molar-refractivity contribution in [3.8, 4) is 0 Å². The van der Waals surface area contributed by atoms with Crippen molar-refractivity contribution < 1.29 is 32.9 Å². The first kappa shape index (κ1) is 55.5. The van der Waals surface area contributed by atoms with E-state index in [1.54, 1.807) is 6.08 Å². The lowest BCUT2D eigenvalue weighted by atomic mass is 10.0. The van der Waals surface area contributed by atoms with Gasteiger partial charge in [0.15, 0.2) is 0 Å². The van der Waals surface area contributed by atoms with Gasteiger partial charge in [0, 0.05) is 6.42 Å². The van der Waals surface area contributed by atoms with E-state index in [0.717, 1.165) is 51.4 Å². The maximum atomic E-state index is 12.9. The summed E-state index contributed by atoms with van der Waals surface area (Å²) in [7, 11) is 1.54. The van der Waals surface area contributed by atoms with Crippen molar-refractivity contribution in [3.05, 3.63) is 48.6 Å². The monoisotopic (exact) mass is 824 g/mol. The predicted molar refractivity (Wildman–Crippen MR) is 244 cm³/mol. The summed E-state index contributed by atoms with van der Waals surface area (Å²) < 4.78 is 23.5. The molecule has 3 unspecified atom stereocenters. The Hall–Kier alpha value is -1.54. The Labute approximate surface area is 352 Å². The lowest BCUT2D eigenvalue weighted by molar-refractivity contribution is -0.870. The van der Waals surface area contributed by atoms with Crippen molar-refractivity contribution in [2.24, 2.45) is 0 Å². The van der Waals surface area contributed by atoms with Crippen molar-refractivity contribution in [1.82, 2.24) is 5.32 Å². The lowest BCUT2D eigenvalue weighted by Gasteiger charge is -2.25. The van der Waals surface area contributed by atoms with E-state index in [-0.39, 0.29) is 19.1 Å². The van der Waals surface area contributed by atoms with E-state index in [4.69, 9.17) is 9.05 Å². The van der Waals surface area contributed by atoms with Gasteiger partial charge in [0.2, 0.25) is 5.91 Å². The Morgan fingerprint density at radius 1 is 0.579 bits per heavy atom. The number of quaternary nitrogens is 1. The Bertz CT molecular complexity index is 1070. The van der Waals surface area contributed by atoms with Gasteiger partial charge in [0.05, 0.1) is 39.9 Å². The highest BCUT2D eigenvalue weighted by molar-refractivity contribution is 7.47. The third kappa shape index (κ3) is 42.4. The third-order valence-electron chi connectivity index (χ3n) is 10.2. The Morgan fingerprint density at radius 2 is 0.982 bits per heavy atom. The number of likely N-dealkylation sites (N-methyl/N-ethyl adjacent to an activating group) is 1. The van der Waals surface area contributed by atoms with Crippen LogP contribution in [0.25, 0.3) is 0 Å². The maximum Gasteiger partial charge on any atom is 0.472 e. The molecule has 57 heavy (non-hydrogen) atoms. The fourth-order valence-corrected chi connectivity index (χ4v) is 7.20. The number of rotatable bonds is 42. The molecule has 3 N–H and O–H groups in total. The number of allylic oxidation sites excluding steroid dienone is 7. The number of carbonyl (C=O) groups is 1. The maximum absolute atomic E-state index is 12.9. The molecule has 0 aromatic heterocycles. The largest absolute Gasteiger partial charge is 0.472 e. The first-order valence-corrected chi connectivity index (χ1v) is 25.0. The second-order valence-electron chi connectivity index (χ2n) is 17.1. The minimum absolute atomic E-state index is 0.0525. The van der Waals surface area contributed by atoms with Crippen molar-refractivity contribution >= 4 is 13.7 Å². The molecule has 0 spiro atoms. The summed E-state index contributed by atoms with van der Waals surface area (Å²) in [5.74, 6) is -0.194. The van der Waals surface area contributed by atoms with E-state index in [1.165, 1.54) is 128 Å². The number of carbonyl (C=O) groups excluding carboxylic acids is 1. The second-order valence-corrected chi connectivity index (χ2v) is 18.6. The van der Waals surface area contributed by atoms with Crippen LogP contribution in [0.3, 0.4) is 0 Å². The summed E-state index contributed by atoms with van der Waals surface area (Å²) in [4.78, 5) is 23.1. The van der Waals surface area contributed by atoms with Crippen LogP contribution < -0.4 is 5.32 Å². The van der Waals surface area contributed by atoms with Gasteiger partial charge >= 0.3 is 7.82 Å². The van der Waals surface area contributed by atoms with E-state index >= 15 is 0 Å². The van der Waals surface area contributed by atoms with Gasteiger partial charge in [-0.2, -0.15) is 0 Å². The molecule has 334 valence electrons. The highest BCUT2D eigenvalue weighted by Gasteiger charge is 2.27. The molecule has 0 bridgehead atoms. The van der Waals surface area contributed by atoms with E-state index < -0.39 is 20.0 Å². The number of phosphoric ester groups is 1. The number of unbranched alkanes of at least 4 members (excludes halogenated alkanes) is 23. The van der Waals surface area contributed by atoms with Crippen molar-refractivity contribution in [3.63, 3.8) is 0 Å². The fourth-order valence-electron chi connectivity index (χ4n) is 6.46. The summed E-state index contributed by atoms with van der Waals surface area (Å²) in [5, 5.41) is 13.8. The molecule has 0 saturated carbocycles. The van der Waals surface area contributed by atoms with Crippen LogP contribution in [0.15, 0.2) is 48.6 Å². The second kappa shape index (κ2) is 39.9. The number of aliphatic hydroxyl groups is 1. The molecular weight excluding hydrogens is 732 g/mol. The number of hydrogen-bond donors (Lipinski definition) is 3. The normalized spacial score (nSPS) is 14.7. The van der Waals surface area contributed by atoms with Gasteiger partial charge in [-0.15, -0.1) is 0 Å². The Morgan fingerprint density at radius 3 is 1.46 bits per heavy atom. The Kier molecular flexibility index (Phi) is 38.8. The quantitative estimate of drug-likeness (QED) is 0.0245. The first-order valence-electron chi connectivity index (χ1n) is 23.5. The average molecular weight is 824 g/mol. The zero-order chi connectivity index (χ0) is 42.1. The molecule has 1 amide bonds. The lowest BCUT2D eigenvalue weighted by Crippen LogP contribution is -2.45. The van der Waals surface area contributed by atoms with Crippen LogP contribution in [-0.2, 0) is 18.4 Å². The van der Waals surface area contributed by atoms with Crippen molar-refractivity contribution in [1.29, 1.82) is 0 Å². The highest BCUT2D eigenvalue weighted by atomic mass is 31.2. The van der Waals surface area contributed by atoms with Crippen LogP contribution in [0.1, 0.15) is 200 Å². The van der Waals surface area contributed by atoms with Gasteiger partial charge in [-0.05, 0) is 64.2 Å². The Balaban J connectivity index is 4.29. The fraction of sp³-hybridized carbons (Fsp3) is 0.812. The van der Waals surface area contributed by atoms with Crippen LogP contribution in [-0.4, -0.2) is 73.4 Å². The minimum Gasteiger partial charge on any atom is -0.387 e. The van der Waals surface area contributed by atoms with Crippen LogP contribution in [0.4, 0.5) is 0 Å². The standard InChI is InChI=1S/C48H91N2O6P/c1-6-8-10-12-14-16-18-20-21-22-23-24-25-26-27-28-29-30-32-34-36-38-40-42-48(52)49-46(45-56-57(53,54)55-44-43-50(3,4)5)47(51)41-39-37-35-33-31-19-17-15-13-11-9-7-2/h13,15,22-23,31,33,39,41,46-47,51H,6-12,14,16-21,24-30,32,34-38,40,42-45H2,1-5H3,(H-,49,52,53,54)/p+1/b15-13+,23-22-,33-31+,41-39+. The summed E-state index contributed by atoms with van der Waals surface area (Å²) in [5.41, 5.74) is 0. The smallest absolute Gasteiger partial charge is 0.387 e. The molecule has 3 atom stereocenters. The first-order chi connectivity index (χ1) is 27.5. The molecule has 0 aromatic rings. The number of amides is 1.